The highest BCUT2D eigenvalue weighted by Crippen LogP contribution is 2.47. The number of benzene rings is 1. The van der Waals surface area contributed by atoms with Gasteiger partial charge in [0.1, 0.15) is 5.41 Å². The number of carboxylic acids is 1. The minimum absolute atomic E-state index is 0.0889. The van der Waals surface area contributed by atoms with E-state index in [9.17, 15) is 14.7 Å². The van der Waals surface area contributed by atoms with E-state index in [0.29, 0.717) is 19.4 Å². The van der Waals surface area contributed by atoms with Crippen LogP contribution in [0.1, 0.15) is 44.1 Å². The molecule has 0 aliphatic heterocycles. The van der Waals surface area contributed by atoms with Gasteiger partial charge < -0.3 is 10.4 Å². The molecule has 2 aliphatic carbocycles. The Morgan fingerprint density at radius 2 is 1.68 bits per heavy atom. The van der Waals surface area contributed by atoms with E-state index in [-0.39, 0.29) is 11.3 Å². The van der Waals surface area contributed by atoms with Gasteiger partial charge in [-0.25, -0.2) is 0 Å². The maximum Gasteiger partial charge on any atom is 0.319 e. The van der Waals surface area contributed by atoms with E-state index >= 15 is 0 Å². The van der Waals surface area contributed by atoms with Crippen molar-refractivity contribution in [2.75, 3.05) is 6.54 Å². The van der Waals surface area contributed by atoms with E-state index in [1.54, 1.807) is 0 Å². The zero-order valence-corrected chi connectivity index (χ0v) is 12.8. The first-order valence-corrected chi connectivity index (χ1v) is 8.12. The number of amides is 1. The number of rotatable bonds is 6. The Bertz CT molecular complexity index is 557. The van der Waals surface area contributed by atoms with Gasteiger partial charge in [-0.05, 0) is 43.1 Å². The van der Waals surface area contributed by atoms with Gasteiger partial charge in [0, 0.05) is 6.54 Å². The van der Waals surface area contributed by atoms with Crippen molar-refractivity contribution in [2.24, 2.45) is 10.8 Å². The highest BCUT2D eigenvalue weighted by molar-refractivity contribution is 6.04. The topological polar surface area (TPSA) is 66.4 Å². The van der Waals surface area contributed by atoms with Crippen LogP contribution in [0, 0.1) is 10.8 Å². The Kier molecular flexibility index (Phi) is 3.94. The van der Waals surface area contributed by atoms with E-state index < -0.39 is 11.4 Å². The molecule has 4 heteroatoms. The largest absolute Gasteiger partial charge is 0.480 e. The maximum atomic E-state index is 12.2. The Hall–Kier alpha value is -1.84. The second-order valence-corrected chi connectivity index (χ2v) is 6.94. The van der Waals surface area contributed by atoms with Crippen molar-refractivity contribution in [3.8, 4) is 0 Å². The molecule has 0 atom stereocenters. The Morgan fingerprint density at radius 1 is 1.05 bits per heavy atom. The summed E-state index contributed by atoms with van der Waals surface area (Å²) >= 11 is 0. The van der Waals surface area contributed by atoms with Gasteiger partial charge in [-0.15, -0.1) is 0 Å². The fraction of sp³-hybridized carbons (Fsp3) is 0.556. The molecule has 2 aliphatic rings. The Morgan fingerprint density at radius 3 is 2.23 bits per heavy atom. The van der Waals surface area contributed by atoms with Crippen molar-refractivity contribution < 1.29 is 14.7 Å². The molecule has 0 saturated heterocycles. The van der Waals surface area contributed by atoms with Crippen molar-refractivity contribution in [3.05, 3.63) is 35.9 Å². The number of hydrogen-bond donors (Lipinski definition) is 2. The summed E-state index contributed by atoms with van der Waals surface area (Å²) in [6.07, 6.45) is 6.47. The molecule has 0 unspecified atom stereocenters. The van der Waals surface area contributed by atoms with Gasteiger partial charge in [-0.2, -0.15) is 0 Å². The molecule has 2 saturated carbocycles. The fourth-order valence-corrected chi connectivity index (χ4v) is 3.67. The number of hydrogen-bond acceptors (Lipinski definition) is 2. The molecule has 0 heterocycles. The first-order valence-electron chi connectivity index (χ1n) is 8.12. The van der Waals surface area contributed by atoms with Crippen LogP contribution in [0.2, 0.25) is 0 Å². The first-order chi connectivity index (χ1) is 10.6. The average molecular weight is 301 g/mol. The van der Waals surface area contributed by atoms with Crippen LogP contribution in [0.4, 0.5) is 0 Å². The van der Waals surface area contributed by atoms with Gasteiger partial charge in [0.15, 0.2) is 0 Å². The van der Waals surface area contributed by atoms with Crippen LogP contribution in [-0.2, 0) is 16.0 Å². The number of carbonyl (C=O) groups is 2. The summed E-state index contributed by atoms with van der Waals surface area (Å²) in [5.74, 6) is -1.27. The number of carboxylic acid groups (broad SMARTS) is 1. The molecule has 0 radical (unpaired) electrons. The summed E-state index contributed by atoms with van der Waals surface area (Å²) in [4.78, 5) is 23.5. The average Bonchev–Trinajstić information content (AvgIpc) is 3.22. The maximum absolute atomic E-state index is 12.2. The van der Waals surface area contributed by atoms with Gasteiger partial charge in [0.05, 0.1) is 0 Å². The molecule has 0 bridgehead atoms. The number of carbonyl (C=O) groups excluding carboxylic acids is 1. The third-order valence-corrected chi connectivity index (χ3v) is 5.30. The van der Waals surface area contributed by atoms with Crippen LogP contribution >= 0.6 is 0 Å². The lowest BCUT2D eigenvalue weighted by Gasteiger charge is -2.30. The third kappa shape index (κ3) is 2.87. The fourth-order valence-electron chi connectivity index (χ4n) is 3.67. The second kappa shape index (κ2) is 5.75. The van der Waals surface area contributed by atoms with Crippen molar-refractivity contribution in [2.45, 2.75) is 44.9 Å². The SMILES string of the molecule is O=C(O)C1(C(=O)NCC2(Cc3ccccc3)CCCC2)CC1. The summed E-state index contributed by atoms with van der Waals surface area (Å²) in [5.41, 5.74) is 0.246. The molecule has 0 spiro atoms. The molecule has 2 fully saturated rings. The molecular formula is C18H23NO3. The molecule has 1 aromatic carbocycles. The second-order valence-electron chi connectivity index (χ2n) is 6.94. The number of nitrogens with one attached hydrogen (secondary N) is 1. The minimum atomic E-state index is -1.13. The van der Waals surface area contributed by atoms with Gasteiger partial charge in [0.25, 0.3) is 0 Å². The molecule has 2 N–H and O–H groups in total. The molecule has 3 rings (SSSR count). The quantitative estimate of drug-likeness (QED) is 0.794. The lowest BCUT2D eigenvalue weighted by atomic mass is 9.79. The predicted molar refractivity (Wildman–Crippen MR) is 83.4 cm³/mol. The molecule has 0 aromatic heterocycles. The molecule has 1 amide bonds. The van der Waals surface area contributed by atoms with Crippen LogP contribution in [0.5, 0.6) is 0 Å². The van der Waals surface area contributed by atoms with E-state index in [1.807, 2.05) is 18.2 Å². The molecule has 118 valence electrons. The summed E-state index contributed by atoms with van der Waals surface area (Å²) < 4.78 is 0. The zero-order chi connectivity index (χ0) is 15.6. The normalized spacial score (nSPS) is 21.3. The lowest BCUT2D eigenvalue weighted by Crippen LogP contribution is -2.43. The van der Waals surface area contributed by atoms with Crippen molar-refractivity contribution in [1.82, 2.24) is 5.32 Å². The van der Waals surface area contributed by atoms with Crippen LogP contribution < -0.4 is 5.32 Å². The van der Waals surface area contributed by atoms with Crippen LogP contribution in [0.3, 0.4) is 0 Å². The summed E-state index contributed by atoms with van der Waals surface area (Å²) in [5, 5.41) is 12.2. The van der Waals surface area contributed by atoms with Crippen LogP contribution in [0.25, 0.3) is 0 Å². The van der Waals surface area contributed by atoms with Crippen molar-refractivity contribution in [3.63, 3.8) is 0 Å². The zero-order valence-electron chi connectivity index (χ0n) is 12.8. The van der Waals surface area contributed by atoms with Gasteiger partial charge in [-0.1, -0.05) is 43.2 Å². The van der Waals surface area contributed by atoms with E-state index in [1.165, 1.54) is 18.4 Å². The smallest absolute Gasteiger partial charge is 0.319 e. The van der Waals surface area contributed by atoms with E-state index in [4.69, 9.17) is 0 Å². The number of aliphatic carboxylic acids is 1. The van der Waals surface area contributed by atoms with Crippen molar-refractivity contribution >= 4 is 11.9 Å². The van der Waals surface area contributed by atoms with Crippen molar-refractivity contribution in [1.29, 1.82) is 0 Å². The Labute approximate surface area is 130 Å². The van der Waals surface area contributed by atoms with Crippen LogP contribution in [-0.4, -0.2) is 23.5 Å². The predicted octanol–water partition coefficient (Wildman–Crippen LogP) is 2.77. The summed E-state index contributed by atoms with van der Waals surface area (Å²) in [7, 11) is 0. The molecular weight excluding hydrogens is 278 g/mol. The molecule has 1 aromatic rings. The highest BCUT2D eigenvalue weighted by Gasteiger charge is 2.57. The monoisotopic (exact) mass is 301 g/mol. The summed E-state index contributed by atoms with van der Waals surface area (Å²) in [6, 6.07) is 10.3. The van der Waals surface area contributed by atoms with Gasteiger partial charge in [0.2, 0.25) is 5.91 Å². The molecule has 4 nitrogen and oxygen atoms in total. The van der Waals surface area contributed by atoms with Crippen LogP contribution in [0.15, 0.2) is 30.3 Å². The standard InChI is InChI=1S/C18H23NO3/c20-15(18(10-11-18)16(21)22)19-13-17(8-4-5-9-17)12-14-6-2-1-3-7-14/h1-3,6-7H,4-5,8-13H2,(H,19,20)(H,21,22). The lowest BCUT2D eigenvalue weighted by molar-refractivity contribution is -0.149. The molecule has 22 heavy (non-hydrogen) atoms. The highest BCUT2D eigenvalue weighted by atomic mass is 16.4. The Balaban J connectivity index is 1.65. The van der Waals surface area contributed by atoms with Gasteiger partial charge >= 0.3 is 5.97 Å². The minimum Gasteiger partial charge on any atom is -0.480 e. The van der Waals surface area contributed by atoms with E-state index in [2.05, 4.69) is 17.4 Å². The summed E-state index contributed by atoms with van der Waals surface area (Å²) in [6.45, 7) is 0.593. The van der Waals surface area contributed by atoms with Gasteiger partial charge in [-0.3, -0.25) is 9.59 Å². The first kappa shape index (κ1) is 15.1. The third-order valence-electron chi connectivity index (χ3n) is 5.30. The van der Waals surface area contributed by atoms with E-state index in [0.717, 1.165) is 19.3 Å².